The summed E-state index contributed by atoms with van der Waals surface area (Å²) in [5.41, 5.74) is 1.06. The van der Waals surface area contributed by atoms with E-state index < -0.39 is 10.0 Å². The number of benzene rings is 1. The molecule has 4 nitrogen and oxygen atoms in total. The number of rotatable bonds is 8. The lowest BCUT2D eigenvalue weighted by Gasteiger charge is -2.14. The molecule has 0 saturated heterocycles. The van der Waals surface area contributed by atoms with Gasteiger partial charge in [0.2, 0.25) is 10.0 Å². The molecule has 1 aromatic rings. The van der Waals surface area contributed by atoms with E-state index in [4.69, 9.17) is 0 Å². The van der Waals surface area contributed by atoms with E-state index >= 15 is 0 Å². The van der Waals surface area contributed by atoms with E-state index in [9.17, 15) is 8.42 Å². The molecule has 114 valence electrons. The minimum absolute atomic E-state index is 0.0715. The maximum absolute atomic E-state index is 12.2. The first kappa shape index (κ1) is 17.6. The van der Waals surface area contributed by atoms with Gasteiger partial charge in [-0.05, 0) is 59.9 Å². The van der Waals surface area contributed by atoms with Crippen molar-refractivity contribution < 1.29 is 8.42 Å². The van der Waals surface area contributed by atoms with Gasteiger partial charge in [0.15, 0.2) is 0 Å². The molecule has 0 radical (unpaired) electrons. The number of nitrogens with one attached hydrogen (secondary N) is 2. The Hall–Kier alpha value is -0.430. The topological polar surface area (TPSA) is 58.2 Å². The van der Waals surface area contributed by atoms with Crippen LogP contribution in [0.25, 0.3) is 0 Å². The van der Waals surface area contributed by atoms with E-state index in [1.807, 2.05) is 26.0 Å². The Morgan fingerprint density at radius 1 is 1.30 bits per heavy atom. The summed E-state index contributed by atoms with van der Waals surface area (Å²) in [5.74, 6) is 0. The smallest absolute Gasteiger partial charge is 0.241 e. The average Bonchev–Trinajstić information content (AvgIpc) is 2.38. The summed E-state index contributed by atoms with van der Waals surface area (Å²) >= 11 is 3.36. The van der Waals surface area contributed by atoms with E-state index in [0.29, 0.717) is 4.47 Å². The molecule has 0 aliphatic heterocycles. The van der Waals surface area contributed by atoms with Crippen molar-refractivity contribution in [2.45, 2.75) is 51.1 Å². The van der Waals surface area contributed by atoms with Gasteiger partial charge in [-0.2, -0.15) is 0 Å². The van der Waals surface area contributed by atoms with Crippen molar-refractivity contribution in [1.29, 1.82) is 0 Å². The predicted octanol–water partition coefficient (Wildman–Crippen LogP) is 3.03. The third kappa shape index (κ3) is 5.16. The lowest BCUT2D eigenvalue weighted by atomic mass is 10.2. The van der Waals surface area contributed by atoms with Gasteiger partial charge in [-0.1, -0.05) is 19.9 Å². The van der Waals surface area contributed by atoms with Crippen LogP contribution in [0.3, 0.4) is 0 Å². The van der Waals surface area contributed by atoms with Gasteiger partial charge in [0.25, 0.3) is 0 Å². The van der Waals surface area contributed by atoms with Gasteiger partial charge in [0.1, 0.15) is 0 Å². The summed E-state index contributed by atoms with van der Waals surface area (Å²) in [7, 11) is -3.46. The Morgan fingerprint density at radius 3 is 2.55 bits per heavy atom. The zero-order valence-corrected chi connectivity index (χ0v) is 14.6. The lowest BCUT2D eigenvalue weighted by Crippen LogP contribution is -2.32. The van der Waals surface area contributed by atoms with Gasteiger partial charge < -0.3 is 5.32 Å². The van der Waals surface area contributed by atoms with Crippen molar-refractivity contribution in [3.05, 3.63) is 28.2 Å². The minimum Gasteiger partial charge on any atom is -0.313 e. The third-order valence-electron chi connectivity index (χ3n) is 3.01. The normalized spacial score (nSPS) is 13.4. The van der Waals surface area contributed by atoms with E-state index in [1.165, 1.54) is 0 Å². The first-order chi connectivity index (χ1) is 9.40. The summed E-state index contributed by atoms with van der Waals surface area (Å²) in [6, 6.07) is 5.28. The van der Waals surface area contributed by atoms with Crippen molar-refractivity contribution in [3.8, 4) is 0 Å². The second kappa shape index (κ2) is 8.12. The molecule has 0 fully saturated rings. The van der Waals surface area contributed by atoms with Crippen LogP contribution in [-0.2, 0) is 16.6 Å². The lowest BCUT2D eigenvalue weighted by molar-refractivity contribution is 0.555. The molecule has 0 saturated carbocycles. The Balaban J connectivity index is 2.87. The SMILES string of the molecule is CCCNCc1ccc(S(=O)(=O)NC(C)CC)c(Br)c1. The van der Waals surface area contributed by atoms with Gasteiger partial charge in [-0.3, -0.25) is 0 Å². The van der Waals surface area contributed by atoms with Crippen LogP contribution in [0.15, 0.2) is 27.6 Å². The van der Waals surface area contributed by atoms with Gasteiger partial charge in [-0.15, -0.1) is 0 Å². The molecule has 0 bridgehead atoms. The van der Waals surface area contributed by atoms with Crippen molar-refractivity contribution in [2.24, 2.45) is 0 Å². The Morgan fingerprint density at radius 2 is 2.00 bits per heavy atom. The highest BCUT2D eigenvalue weighted by Gasteiger charge is 2.19. The number of halogens is 1. The zero-order chi connectivity index (χ0) is 15.2. The summed E-state index contributed by atoms with van der Waals surface area (Å²) in [6.45, 7) is 7.61. The quantitative estimate of drug-likeness (QED) is 0.698. The van der Waals surface area contributed by atoms with E-state index in [2.05, 4.69) is 32.9 Å². The molecule has 6 heteroatoms. The largest absolute Gasteiger partial charge is 0.313 e. The molecule has 1 rings (SSSR count). The van der Waals surface area contributed by atoms with Gasteiger partial charge in [0, 0.05) is 17.1 Å². The highest BCUT2D eigenvalue weighted by atomic mass is 79.9. The van der Waals surface area contributed by atoms with Crippen LogP contribution in [0, 0.1) is 0 Å². The van der Waals surface area contributed by atoms with Gasteiger partial charge in [-0.25, -0.2) is 13.1 Å². The summed E-state index contributed by atoms with van der Waals surface area (Å²) in [4.78, 5) is 0.289. The third-order valence-corrected chi connectivity index (χ3v) is 5.58. The molecule has 0 spiro atoms. The number of sulfonamides is 1. The van der Waals surface area contributed by atoms with Gasteiger partial charge >= 0.3 is 0 Å². The fraction of sp³-hybridized carbons (Fsp3) is 0.571. The van der Waals surface area contributed by atoms with Crippen LogP contribution in [-0.4, -0.2) is 21.0 Å². The molecular weight excluding hydrogens is 340 g/mol. The molecule has 0 heterocycles. The van der Waals surface area contributed by atoms with Crippen LogP contribution in [0.4, 0.5) is 0 Å². The van der Waals surface area contributed by atoms with E-state index in [-0.39, 0.29) is 10.9 Å². The average molecular weight is 363 g/mol. The van der Waals surface area contributed by atoms with Crippen LogP contribution in [0.2, 0.25) is 0 Å². The van der Waals surface area contributed by atoms with Gasteiger partial charge in [0.05, 0.1) is 4.90 Å². The Bertz CT molecular complexity index is 532. The second-order valence-electron chi connectivity index (χ2n) is 4.87. The van der Waals surface area contributed by atoms with Crippen LogP contribution < -0.4 is 10.0 Å². The van der Waals surface area contributed by atoms with Crippen molar-refractivity contribution in [1.82, 2.24) is 10.0 Å². The maximum Gasteiger partial charge on any atom is 0.241 e. The fourth-order valence-electron chi connectivity index (χ4n) is 1.69. The molecule has 20 heavy (non-hydrogen) atoms. The molecule has 1 atom stereocenters. The molecule has 0 aliphatic carbocycles. The monoisotopic (exact) mass is 362 g/mol. The molecule has 1 unspecified atom stereocenters. The summed E-state index contributed by atoms with van der Waals surface area (Å²) in [6.07, 6.45) is 1.84. The van der Waals surface area contributed by atoms with Crippen molar-refractivity contribution in [2.75, 3.05) is 6.54 Å². The summed E-state index contributed by atoms with van der Waals surface area (Å²) < 4.78 is 27.7. The van der Waals surface area contributed by atoms with Crippen LogP contribution in [0.5, 0.6) is 0 Å². The minimum atomic E-state index is -3.46. The van der Waals surface area contributed by atoms with Crippen LogP contribution in [0.1, 0.15) is 39.2 Å². The molecule has 2 N–H and O–H groups in total. The van der Waals surface area contributed by atoms with Crippen LogP contribution >= 0.6 is 15.9 Å². The molecule has 1 aromatic carbocycles. The second-order valence-corrected chi connectivity index (χ2v) is 7.41. The first-order valence-corrected chi connectivity index (χ1v) is 9.19. The van der Waals surface area contributed by atoms with E-state index in [0.717, 1.165) is 31.5 Å². The fourth-order valence-corrected chi connectivity index (χ4v) is 4.15. The maximum atomic E-state index is 12.2. The number of hydrogen-bond donors (Lipinski definition) is 2. The molecule has 0 aliphatic rings. The van der Waals surface area contributed by atoms with Crippen molar-refractivity contribution >= 4 is 26.0 Å². The Labute approximate surface area is 130 Å². The Kier molecular flexibility index (Phi) is 7.15. The highest BCUT2D eigenvalue weighted by molar-refractivity contribution is 9.10. The van der Waals surface area contributed by atoms with E-state index in [1.54, 1.807) is 6.07 Å². The number of hydrogen-bond acceptors (Lipinski definition) is 3. The van der Waals surface area contributed by atoms with Crippen molar-refractivity contribution in [3.63, 3.8) is 0 Å². The zero-order valence-electron chi connectivity index (χ0n) is 12.2. The standard InChI is InChI=1S/C14H23BrN2O2S/c1-4-8-16-10-12-6-7-14(13(15)9-12)20(18,19)17-11(3)5-2/h6-7,9,11,16-17H,4-5,8,10H2,1-3H3. The predicted molar refractivity (Wildman–Crippen MR) is 86.2 cm³/mol. The molecular formula is C14H23BrN2O2S. The molecule has 0 amide bonds. The first-order valence-electron chi connectivity index (χ1n) is 6.92. The summed E-state index contributed by atoms with van der Waals surface area (Å²) in [5, 5.41) is 3.29. The molecule has 0 aromatic heterocycles. The highest BCUT2D eigenvalue weighted by Crippen LogP contribution is 2.23.